The van der Waals surface area contributed by atoms with Gasteiger partial charge in [-0.25, -0.2) is 0 Å². The number of nitrogens with two attached hydrogens (primary N) is 1. The van der Waals surface area contributed by atoms with Gasteiger partial charge < -0.3 is 15.8 Å². The Labute approximate surface area is 127 Å². The molecule has 3 atom stereocenters. The van der Waals surface area contributed by atoms with Gasteiger partial charge in [0.15, 0.2) is 0 Å². The molecule has 2 fully saturated rings. The summed E-state index contributed by atoms with van der Waals surface area (Å²) in [6.07, 6.45) is 9.17. The first-order chi connectivity index (χ1) is 10.2. The number of carbonyl (C=O) groups excluding carboxylic acids is 1. The van der Waals surface area contributed by atoms with E-state index in [1.807, 2.05) is 11.8 Å². The lowest BCUT2D eigenvalue weighted by Crippen LogP contribution is -2.41. The number of amides is 1. The molecule has 0 saturated heterocycles. The van der Waals surface area contributed by atoms with E-state index < -0.39 is 0 Å². The summed E-state index contributed by atoms with van der Waals surface area (Å²) in [4.78, 5) is 14.6. The summed E-state index contributed by atoms with van der Waals surface area (Å²) in [5.74, 6) is 2.29. The van der Waals surface area contributed by atoms with E-state index in [1.165, 1.54) is 32.1 Å². The van der Waals surface area contributed by atoms with E-state index in [0.29, 0.717) is 19.5 Å². The Morgan fingerprint density at radius 1 is 1.24 bits per heavy atom. The van der Waals surface area contributed by atoms with Crippen LogP contribution in [0.2, 0.25) is 0 Å². The standard InChI is InChI=1S/C16H29N3O2/c1-2-19(10-9-15(17)18-21)16(20)14-8-7-12-5-3-4-6-13(12)11-14/h12-14,21H,2-11H2,1H3,(H2,17,18). The van der Waals surface area contributed by atoms with Gasteiger partial charge in [0.1, 0.15) is 5.84 Å². The lowest BCUT2D eigenvalue weighted by Gasteiger charge is -2.40. The fourth-order valence-electron chi connectivity index (χ4n) is 4.08. The molecule has 2 rings (SSSR count). The maximum Gasteiger partial charge on any atom is 0.225 e. The lowest BCUT2D eigenvalue weighted by atomic mass is 9.67. The van der Waals surface area contributed by atoms with Crippen molar-refractivity contribution in [2.24, 2.45) is 28.6 Å². The molecular weight excluding hydrogens is 266 g/mol. The maximum absolute atomic E-state index is 12.7. The Kier molecular flexibility index (Phi) is 5.88. The van der Waals surface area contributed by atoms with Crippen molar-refractivity contribution in [2.75, 3.05) is 13.1 Å². The van der Waals surface area contributed by atoms with Gasteiger partial charge in [0.25, 0.3) is 0 Å². The molecule has 0 radical (unpaired) electrons. The highest BCUT2D eigenvalue weighted by molar-refractivity contribution is 5.82. The third-order valence-corrected chi connectivity index (χ3v) is 5.35. The van der Waals surface area contributed by atoms with Crippen LogP contribution in [0.1, 0.15) is 58.3 Å². The largest absolute Gasteiger partial charge is 0.409 e. The molecule has 0 bridgehead atoms. The van der Waals surface area contributed by atoms with E-state index in [4.69, 9.17) is 10.9 Å². The highest BCUT2D eigenvalue weighted by Crippen LogP contribution is 2.43. The van der Waals surface area contributed by atoms with Crippen molar-refractivity contribution >= 4 is 11.7 Å². The van der Waals surface area contributed by atoms with Crippen LogP contribution in [0.4, 0.5) is 0 Å². The molecule has 0 spiro atoms. The van der Waals surface area contributed by atoms with Gasteiger partial charge in [-0.05, 0) is 38.0 Å². The first-order valence-corrected chi connectivity index (χ1v) is 8.40. The van der Waals surface area contributed by atoms with Crippen LogP contribution in [0.3, 0.4) is 0 Å². The third kappa shape index (κ3) is 4.11. The van der Waals surface area contributed by atoms with Gasteiger partial charge in [-0.3, -0.25) is 4.79 Å². The molecule has 0 heterocycles. The van der Waals surface area contributed by atoms with Crippen LogP contribution < -0.4 is 5.73 Å². The molecule has 5 heteroatoms. The number of hydrogen-bond acceptors (Lipinski definition) is 3. The Bertz CT molecular complexity index is 384. The molecule has 2 aliphatic carbocycles. The van der Waals surface area contributed by atoms with Crippen LogP contribution in [0.25, 0.3) is 0 Å². The highest BCUT2D eigenvalue weighted by Gasteiger charge is 2.36. The van der Waals surface area contributed by atoms with Crippen molar-refractivity contribution in [1.29, 1.82) is 0 Å². The van der Waals surface area contributed by atoms with Gasteiger partial charge in [0, 0.05) is 25.4 Å². The first-order valence-electron chi connectivity index (χ1n) is 8.40. The number of rotatable bonds is 5. The zero-order chi connectivity index (χ0) is 15.2. The van der Waals surface area contributed by atoms with Crippen molar-refractivity contribution in [3.05, 3.63) is 0 Å². The molecule has 3 unspecified atom stereocenters. The van der Waals surface area contributed by atoms with Crippen LogP contribution in [-0.4, -0.2) is 34.9 Å². The Morgan fingerprint density at radius 3 is 2.62 bits per heavy atom. The maximum atomic E-state index is 12.7. The van der Waals surface area contributed by atoms with E-state index in [0.717, 1.165) is 24.7 Å². The molecular formula is C16H29N3O2. The number of amidine groups is 1. The van der Waals surface area contributed by atoms with E-state index >= 15 is 0 Å². The first kappa shape index (κ1) is 16.1. The lowest BCUT2D eigenvalue weighted by molar-refractivity contribution is -0.137. The van der Waals surface area contributed by atoms with Gasteiger partial charge in [0.05, 0.1) is 0 Å². The second-order valence-electron chi connectivity index (χ2n) is 6.57. The smallest absolute Gasteiger partial charge is 0.225 e. The molecule has 0 aromatic rings. The molecule has 0 aromatic carbocycles. The quantitative estimate of drug-likeness (QED) is 0.354. The van der Waals surface area contributed by atoms with Crippen molar-refractivity contribution in [2.45, 2.75) is 58.3 Å². The monoisotopic (exact) mass is 295 g/mol. The summed E-state index contributed by atoms with van der Waals surface area (Å²) in [7, 11) is 0. The zero-order valence-electron chi connectivity index (χ0n) is 13.1. The number of nitrogens with zero attached hydrogens (tertiary/aromatic N) is 2. The van der Waals surface area contributed by atoms with E-state index in [1.54, 1.807) is 0 Å². The molecule has 2 saturated carbocycles. The summed E-state index contributed by atoms with van der Waals surface area (Å²) in [6, 6.07) is 0. The van der Waals surface area contributed by atoms with Crippen molar-refractivity contribution < 1.29 is 10.0 Å². The number of oxime groups is 1. The van der Waals surface area contributed by atoms with Crippen LogP contribution >= 0.6 is 0 Å². The molecule has 0 aliphatic heterocycles. The van der Waals surface area contributed by atoms with E-state index in [-0.39, 0.29) is 17.7 Å². The summed E-state index contributed by atoms with van der Waals surface area (Å²) in [6.45, 7) is 3.24. The van der Waals surface area contributed by atoms with Gasteiger partial charge in [-0.2, -0.15) is 0 Å². The Morgan fingerprint density at radius 2 is 1.95 bits per heavy atom. The number of hydrogen-bond donors (Lipinski definition) is 2. The van der Waals surface area contributed by atoms with Crippen molar-refractivity contribution in [1.82, 2.24) is 4.90 Å². The average molecular weight is 295 g/mol. The van der Waals surface area contributed by atoms with Gasteiger partial charge in [-0.1, -0.05) is 30.8 Å². The summed E-state index contributed by atoms with van der Waals surface area (Å²) < 4.78 is 0. The summed E-state index contributed by atoms with van der Waals surface area (Å²) in [5, 5.41) is 11.6. The summed E-state index contributed by atoms with van der Waals surface area (Å²) in [5.41, 5.74) is 5.50. The minimum atomic E-state index is 0.191. The minimum Gasteiger partial charge on any atom is -0.409 e. The van der Waals surface area contributed by atoms with E-state index in [9.17, 15) is 4.79 Å². The number of carbonyl (C=O) groups is 1. The van der Waals surface area contributed by atoms with Crippen LogP contribution in [0.15, 0.2) is 5.16 Å². The Balaban J connectivity index is 1.88. The third-order valence-electron chi connectivity index (χ3n) is 5.35. The molecule has 1 amide bonds. The normalized spacial score (nSPS) is 29.8. The van der Waals surface area contributed by atoms with Crippen LogP contribution in [0.5, 0.6) is 0 Å². The van der Waals surface area contributed by atoms with Crippen LogP contribution in [-0.2, 0) is 4.79 Å². The predicted molar refractivity (Wildman–Crippen MR) is 83.1 cm³/mol. The second kappa shape index (κ2) is 7.66. The zero-order valence-corrected chi connectivity index (χ0v) is 13.1. The van der Waals surface area contributed by atoms with Crippen molar-refractivity contribution in [3.63, 3.8) is 0 Å². The molecule has 5 nitrogen and oxygen atoms in total. The fraction of sp³-hybridized carbons (Fsp3) is 0.875. The molecule has 21 heavy (non-hydrogen) atoms. The number of fused-ring (bicyclic) bond motifs is 1. The van der Waals surface area contributed by atoms with Gasteiger partial charge in [-0.15, -0.1) is 0 Å². The molecule has 120 valence electrons. The second-order valence-corrected chi connectivity index (χ2v) is 6.57. The van der Waals surface area contributed by atoms with E-state index in [2.05, 4.69) is 5.16 Å². The highest BCUT2D eigenvalue weighted by atomic mass is 16.4. The van der Waals surface area contributed by atoms with Crippen molar-refractivity contribution in [3.8, 4) is 0 Å². The molecule has 3 N–H and O–H groups in total. The minimum absolute atomic E-state index is 0.191. The fourth-order valence-corrected chi connectivity index (χ4v) is 4.08. The summed E-state index contributed by atoms with van der Waals surface area (Å²) >= 11 is 0. The SMILES string of the molecule is CCN(CCC(N)=NO)C(=O)C1CCC2CCCCC2C1. The van der Waals surface area contributed by atoms with Gasteiger partial charge >= 0.3 is 0 Å². The topological polar surface area (TPSA) is 78.9 Å². The Hall–Kier alpha value is -1.26. The predicted octanol–water partition coefficient (Wildman–Crippen LogP) is 2.58. The molecule has 2 aliphatic rings. The molecule has 0 aromatic heterocycles. The van der Waals surface area contributed by atoms with Gasteiger partial charge in [0.2, 0.25) is 5.91 Å². The average Bonchev–Trinajstić information content (AvgIpc) is 2.54. The van der Waals surface area contributed by atoms with Crippen LogP contribution in [0, 0.1) is 17.8 Å².